The van der Waals surface area contributed by atoms with Gasteiger partial charge in [0.1, 0.15) is 0 Å². The Labute approximate surface area is 200 Å². The van der Waals surface area contributed by atoms with Crippen LogP contribution in [0.4, 0.5) is 10.7 Å². The first kappa shape index (κ1) is 25.7. The number of anilines is 1. The molecular formula is C25H45N7O. The van der Waals surface area contributed by atoms with Gasteiger partial charge in [-0.25, -0.2) is 14.8 Å². The Bertz CT molecular complexity index is 776. The van der Waals surface area contributed by atoms with Crippen LogP contribution in [-0.2, 0) is 12.8 Å². The van der Waals surface area contributed by atoms with Crippen LogP contribution in [0.5, 0.6) is 0 Å². The van der Waals surface area contributed by atoms with Crippen molar-refractivity contribution in [1.29, 1.82) is 0 Å². The number of hydrogen-bond acceptors (Lipinski definition) is 6. The lowest BCUT2D eigenvalue weighted by atomic mass is 9.76. The summed E-state index contributed by atoms with van der Waals surface area (Å²) in [6.07, 6.45) is 5.89. The standard InChI is InChI=1S/C25H45N7O/c1-7-9-31-16-21(12-19-13-22-20(14-23(19)31)15-27-24(26)29-22)28-25(33)30(8-2)10-11-32(17(3)4)18(5)6/h15,17-19,21,23H,7-14,16H2,1-6H3,(H,28,33)(H2,26,27,29)/t19-,21+,23-/m1/s1. The number of nitrogen functional groups attached to an aromatic ring is 1. The molecule has 1 aliphatic heterocycles. The zero-order valence-corrected chi connectivity index (χ0v) is 21.5. The van der Waals surface area contributed by atoms with Gasteiger partial charge in [-0.3, -0.25) is 9.80 Å². The van der Waals surface area contributed by atoms with Gasteiger partial charge in [0.2, 0.25) is 5.95 Å². The summed E-state index contributed by atoms with van der Waals surface area (Å²) in [4.78, 5) is 28.9. The molecule has 0 bridgehead atoms. The Morgan fingerprint density at radius 2 is 1.94 bits per heavy atom. The normalized spacial score (nSPS) is 23.0. The number of nitrogens with zero attached hydrogens (tertiary/aromatic N) is 5. The third kappa shape index (κ3) is 6.35. The van der Waals surface area contributed by atoms with E-state index in [1.165, 1.54) is 5.56 Å². The van der Waals surface area contributed by atoms with E-state index in [9.17, 15) is 4.79 Å². The molecule has 8 heteroatoms. The van der Waals surface area contributed by atoms with E-state index in [0.717, 1.165) is 64.1 Å². The van der Waals surface area contributed by atoms with E-state index in [1.807, 2.05) is 11.1 Å². The predicted molar refractivity (Wildman–Crippen MR) is 134 cm³/mol. The quantitative estimate of drug-likeness (QED) is 0.590. The van der Waals surface area contributed by atoms with Crippen LogP contribution in [0.15, 0.2) is 6.20 Å². The van der Waals surface area contributed by atoms with Crippen molar-refractivity contribution in [2.24, 2.45) is 5.92 Å². The molecule has 0 radical (unpaired) electrons. The molecule has 33 heavy (non-hydrogen) atoms. The van der Waals surface area contributed by atoms with Gasteiger partial charge in [0.15, 0.2) is 0 Å². The maximum atomic E-state index is 13.2. The summed E-state index contributed by atoms with van der Waals surface area (Å²) in [5.41, 5.74) is 8.17. The third-order valence-corrected chi connectivity index (χ3v) is 7.37. The first-order valence-electron chi connectivity index (χ1n) is 12.9. The predicted octanol–water partition coefficient (Wildman–Crippen LogP) is 2.78. The van der Waals surface area contributed by atoms with E-state index in [2.05, 4.69) is 66.6 Å². The van der Waals surface area contributed by atoms with Crippen LogP contribution < -0.4 is 11.1 Å². The molecule has 3 rings (SSSR count). The van der Waals surface area contributed by atoms with Gasteiger partial charge in [0, 0.05) is 62.2 Å². The Balaban J connectivity index is 1.65. The minimum absolute atomic E-state index is 0.0626. The number of hydrogen-bond donors (Lipinski definition) is 2. The van der Waals surface area contributed by atoms with Crippen LogP contribution in [0.3, 0.4) is 0 Å². The molecule has 3 N–H and O–H groups in total. The van der Waals surface area contributed by atoms with Crippen molar-refractivity contribution in [1.82, 2.24) is 30.0 Å². The Hall–Kier alpha value is -1.93. The van der Waals surface area contributed by atoms with E-state index in [1.54, 1.807) is 0 Å². The minimum atomic E-state index is 0.0626. The van der Waals surface area contributed by atoms with Crippen LogP contribution in [0.25, 0.3) is 0 Å². The zero-order chi connectivity index (χ0) is 24.1. The van der Waals surface area contributed by atoms with Gasteiger partial charge in [-0.05, 0) is 78.3 Å². The number of urea groups is 1. The monoisotopic (exact) mass is 459 g/mol. The van der Waals surface area contributed by atoms with Gasteiger partial charge in [-0.2, -0.15) is 0 Å². The van der Waals surface area contributed by atoms with Gasteiger partial charge < -0.3 is 16.0 Å². The molecule has 2 aliphatic rings. The molecule has 1 aromatic rings. The second kappa shape index (κ2) is 11.5. The molecule has 8 nitrogen and oxygen atoms in total. The highest BCUT2D eigenvalue weighted by Gasteiger charge is 2.40. The number of likely N-dealkylation sites (tertiary alicyclic amines) is 1. The summed E-state index contributed by atoms with van der Waals surface area (Å²) >= 11 is 0. The lowest BCUT2D eigenvalue weighted by Gasteiger charge is -2.47. The Morgan fingerprint density at radius 3 is 2.58 bits per heavy atom. The van der Waals surface area contributed by atoms with E-state index >= 15 is 0 Å². The fraction of sp³-hybridized carbons (Fsp3) is 0.800. The summed E-state index contributed by atoms with van der Waals surface area (Å²) in [7, 11) is 0. The van der Waals surface area contributed by atoms with Gasteiger partial charge in [0.05, 0.1) is 0 Å². The topological polar surface area (TPSA) is 90.6 Å². The van der Waals surface area contributed by atoms with Crippen LogP contribution >= 0.6 is 0 Å². The first-order valence-corrected chi connectivity index (χ1v) is 12.9. The molecule has 1 fully saturated rings. The zero-order valence-electron chi connectivity index (χ0n) is 21.5. The molecule has 2 heterocycles. The summed E-state index contributed by atoms with van der Waals surface area (Å²) in [6.45, 7) is 17.5. The van der Waals surface area contributed by atoms with E-state index in [-0.39, 0.29) is 12.1 Å². The Kier molecular flexibility index (Phi) is 8.93. The van der Waals surface area contributed by atoms with Gasteiger partial charge in [-0.15, -0.1) is 0 Å². The smallest absolute Gasteiger partial charge is 0.317 e. The number of aromatic nitrogens is 2. The third-order valence-electron chi connectivity index (χ3n) is 7.37. The number of amides is 2. The van der Waals surface area contributed by atoms with Crippen molar-refractivity contribution in [2.45, 2.75) is 91.4 Å². The van der Waals surface area contributed by atoms with Crippen molar-refractivity contribution < 1.29 is 4.79 Å². The molecule has 1 saturated heterocycles. The number of carbonyl (C=O) groups excluding carboxylic acids is 1. The number of fused-ring (bicyclic) bond motifs is 2. The molecule has 1 aliphatic carbocycles. The van der Waals surface area contributed by atoms with Crippen molar-refractivity contribution in [3.8, 4) is 0 Å². The van der Waals surface area contributed by atoms with Gasteiger partial charge in [-0.1, -0.05) is 6.92 Å². The van der Waals surface area contributed by atoms with Crippen LogP contribution in [0, 0.1) is 5.92 Å². The number of piperidine rings is 1. The molecule has 2 amide bonds. The number of nitrogens with two attached hydrogens (primary N) is 1. The molecule has 186 valence electrons. The Morgan fingerprint density at radius 1 is 1.21 bits per heavy atom. The number of carbonyl (C=O) groups is 1. The largest absolute Gasteiger partial charge is 0.368 e. The summed E-state index contributed by atoms with van der Waals surface area (Å²) in [5, 5.41) is 3.38. The highest BCUT2D eigenvalue weighted by molar-refractivity contribution is 5.74. The van der Waals surface area contributed by atoms with E-state index in [4.69, 9.17) is 5.73 Å². The van der Waals surface area contributed by atoms with Crippen LogP contribution in [0.2, 0.25) is 0 Å². The SMILES string of the molecule is CCCN1C[C@@H](NC(=O)N(CC)CCN(C(C)C)C(C)C)C[C@@H]2Cc3nc(N)ncc3C[C@H]21. The highest BCUT2D eigenvalue weighted by Crippen LogP contribution is 2.34. The number of nitrogens with one attached hydrogen (secondary N) is 1. The van der Waals surface area contributed by atoms with Crippen molar-refractivity contribution >= 4 is 12.0 Å². The average molecular weight is 460 g/mol. The second-order valence-corrected chi connectivity index (χ2v) is 10.3. The lowest BCUT2D eigenvalue weighted by Crippen LogP contribution is -2.59. The average Bonchev–Trinajstić information content (AvgIpc) is 2.75. The van der Waals surface area contributed by atoms with E-state index < -0.39 is 0 Å². The fourth-order valence-corrected chi connectivity index (χ4v) is 5.77. The molecule has 1 aromatic heterocycles. The van der Waals surface area contributed by atoms with Gasteiger partial charge in [0.25, 0.3) is 0 Å². The lowest BCUT2D eigenvalue weighted by molar-refractivity contribution is 0.0620. The summed E-state index contributed by atoms with van der Waals surface area (Å²) in [6, 6.07) is 1.65. The van der Waals surface area contributed by atoms with Crippen LogP contribution in [0.1, 0.15) is 65.6 Å². The maximum Gasteiger partial charge on any atom is 0.317 e. The highest BCUT2D eigenvalue weighted by atomic mass is 16.2. The molecule has 0 unspecified atom stereocenters. The number of rotatable bonds is 9. The van der Waals surface area contributed by atoms with Crippen LogP contribution in [-0.4, -0.2) is 87.6 Å². The molecule has 3 atom stereocenters. The summed E-state index contributed by atoms with van der Waals surface area (Å²) < 4.78 is 0. The minimum Gasteiger partial charge on any atom is -0.368 e. The second-order valence-electron chi connectivity index (χ2n) is 10.3. The fourth-order valence-electron chi connectivity index (χ4n) is 5.77. The van der Waals surface area contributed by atoms with Crippen molar-refractivity contribution in [3.63, 3.8) is 0 Å². The maximum absolute atomic E-state index is 13.2. The molecular weight excluding hydrogens is 414 g/mol. The molecule has 0 spiro atoms. The van der Waals surface area contributed by atoms with Gasteiger partial charge >= 0.3 is 6.03 Å². The summed E-state index contributed by atoms with van der Waals surface area (Å²) in [5.74, 6) is 0.832. The van der Waals surface area contributed by atoms with Crippen molar-refractivity contribution in [2.75, 3.05) is 38.5 Å². The first-order chi connectivity index (χ1) is 15.7. The van der Waals surface area contributed by atoms with E-state index in [0.29, 0.717) is 30.0 Å². The molecule has 0 aromatic carbocycles. The van der Waals surface area contributed by atoms with Crippen molar-refractivity contribution in [3.05, 3.63) is 17.5 Å². The molecule has 0 saturated carbocycles. The number of likely N-dealkylation sites (N-methyl/N-ethyl adjacent to an activating group) is 1.